The van der Waals surface area contributed by atoms with Crippen LogP contribution in [-0.2, 0) is 17.8 Å². The number of halogens is 1. The molecular weight excluding hydrogens is 401 g/mol. The van der Waals surface area contributed by atoms with Crippen LogP contribution in [0.25, 0.3) is 11.3 Å². The van der Waals surface area contributed by atoms with Crippen molar-refractivity contribution in [2.45, 2.75) is 19.4 Å². The number of amides is 1. The lowest BCUT2D eigenvalue weighted by Gasteiger charge is -2.08. The topological polar surface area (TPSA) is 90.5 Å². The number of carbonyl (C=O) groups excluding carboxylic acids is 1. The number of ether oxygens (including phenoxy) is 1. The van der Waals surface area contributed by atoms with Gasteiger partial charge in [-0.3, -0.25) is 18.6 Å². The Morgan fingerprint density at radius 3 is 2.52 bits per heavy atom. The first-order valence-corrected chi connectivity index (χ1v) is 9.66. The average Bonchev–Trinajstić information content (AvgIpc) is 3.21. The summed E-state index contributed by atoms with van der Waals surface area (Å²) in [7, 11) is 1.58. The van der Waals surface area contributed by atoms with Gasteiger partial charge in [0.25, 0.3) is 0 Å². The van der Waals surface area contributed by atoms with Crippen molar-refractivity contribution < 1.29 is 13.9 Å². The van der Waals surface area contributed by atoms with Crippen LogP contribution >= 0.6 is 0 Å². The molecule has 0 bridgehead atoms. The third kappa shape index (κ3) is 4.45. The van der Waals surface area contributed by atoms with Crippen LogP contribution in [0.2, 0.25) is 0 Å². The highest BCUT2D eigenvalue weighted by atomic mass is 19.1. The maximum Gasteiger partial charge on any atom is 0.300 e. The van der Waals surface area contributed by atoms with E-state index in [0.29, 0.717) is 30.2 Å². The van der Waals surface area contributed by atoms with Gasteiger partial charge in [0.15, 0.2) is 0 Å². The number of benzene rings is 2. The normalized spacial score (nSPS) is 10.9. The van der Waals surface area contributed by atoms with E-state index in [1.165, 1.54) is 16.7 Å². The van der Waals surface area contributed by atoms with E-state index in [2.05, 4.69) is 15.5 Å². The van der Waals surface area contributed by atoms with Gasteiger partial charge in [-0.2, -0.15) is 0 Å². The molecule has 0 saturated heterocycles. The molecule has 0 aliphatic heterocycles. The Kier molecular flexibility index (Phi) is 5.74. The molecule has 4 rings (SSSR count). The standard InChI is InChI=1S/C22H20FN5O3/c1-31-18-8-6-17(7-9-18)27-12-13-28-19(25-26-21(28)22(27)30)10-11-20(29)24-14-15-2-4-16(23)5-3-15/h2-9,12-13H,10-11,14H2,1H3,(H,24,29). The highest BCUT2D eigenvalue weighted by molar-refractivity contribution is 5.76. The molecular formula is C22H20FN5O3. The minimum atomic E-state index is -0.320. The predicted molar refractivity (Wildman–Crippen MR) is 112 cm³/mol. The number of hydrogen-bond donors (Lipinski definition) is 1. The lowest BCUT2D eigenvalue weighted by molar-refractivity contribution is -0.121. The average molecular weight is 421 g/mol. The van der Waals surface area contributed by atoms with Crippen molar-refractivity contribution >= 4 is 11.6 Å². The van der Waals surface area contributed by atoms with Crippen molar-refractivity contribution in [2.24, 2.45) is 0 Å². The molecule has 0 spiro atoms. The molecule has 0 atom stereocenters. The summed E-state index contributed by atoms with van der Waals surface area (Å²) in [6.07, 6.45) is 3.84. The molecule has 0 saturated carbocycles. The van der Waals surface area contributed by atoms with Gasteiger partial charge >= 0.3 is 5.56 Å². The van der Waals surface area contributed by atoms with Crippen LogP contribution in [0.1, 0.15) is 17.8 Å². The highest BCUT2D eigenvalue weighted by Gasteiger charge is 2.13. The number of rotatable bonds is 7. The van der Waals surface area contributed by atoms with Crippen molar-refractivity contribution in [3.05, 3.63) is 88.5 Å². The molecule has 0 aliphatic carbocycles. The van der Waals surface area contributed by atoms with Crippen LogP contribution in [0.4, 0.5) is 4.39 Å². The molecule has 4 aromatic rings. The third-order valence-corrected chi connectivity index (χ3v) is 4.87. The Morgan fingerprint density at radius 2 is 1.81 bits per heavy atom. The Balaban J connectivity index is 1.44. The smallest absolute Gasteiger partial charge is 0.300 e. The molecule has 0 fully saturated rings. The number of nitrogens with zero attached hydrogens (tertiary/aromatic N) is 4. The third-order valence-electron chi connectivity index (χ3n) is 4.87. The number of carbonyl (C=O) groups is 1. The Labute approximate surface area is 176 Å². The molecule has 158 valence electrons. The van der Waals surface area contributed by atoms with E-state index < -0.39 is 0 Å². The number of methoxy groups -OCH3 is 1. The second-order valence-corrected chi connectivity index (χ2v) is 6.88. The quantitative estimate of drug-likeness (QED) is 0.494. The van der Waals surface area contributed by atoms with Gasteiger partial charge in [-0.15, -0.1) is 10.2 Å². The van der Waals surface area contributed by atoms with E-state index in [-0.39, 0.29) is 29.4 Å². The van der Waals surface area contributed by atoms with Crippen LogP contribution in [-0.4, -0.2) is 32.2 Å². The van der Waals surface area contributed by atoms with Gasteiger partial charge in [0.2, 0.25) is 11.6 Å². The molecule has 2 aromatic carbocycles. The summed E-state index contributed by atoms with van der Waals surface area (Å²) in [5.41, 5.74) is 1.35. The van der Waals surface area contributed by atoms with Crippen molar-refractivity contribution in [3.63, 3.8) is 0 Å². The predicted octanol–water partition coefficient (Wildman–Crippen LogP) is 2.28. The molecule has 0 unspecified atom stereocenters. The molecule has 2 aromatic heterocycles. The number of fused-ring (bicyclic) bond motifs is 1. The number of hydrogen-bond acceptors (Lipinski definition) is 5. The maximum absolute atomic E-state index is 12.9. The van der Waals surface area contributed by atoms with Crippen LogP contribution in [0.5, 0.6) is 5.75 Å². The van der Waals surface area contributed by atoms with E-state index in [9.17, 15) is 14.0 Å². The molecule has 1 amide bonds. The minimum Gasteiger partial charge on any atom is -0.497 e. The fourth-order valence-corrected chi connectivity index (χ4v) is 3.17. The molecule has 2 heterocycles. The summed E-state index contributed by atoms with van der Waals surface area (Å²) in [5, 5.41) is 10.9. The van der Waals surface area contributed by atoms with E-state index in [4.69, 9.17) is 4.74 Å². The lowest BCUT2D eigenvalue weighted by Crippen LogP contribution is -2.23. The largest absolute Gasteiger partial charge is 0.497 e. The van der Waals surface area contributed by atoms with Crippen molar-refractivity contribution in [1.82, 2.24) is 24.5 Å². The first kappa shape index (κ1) is 20.3. The number of nitrogens with one attached hydrogen (secondary N) is 1. The first-order chi connectivity index (χ1) is 15.0. The highest BCUT2D eigenvalue weighted by Crippen LogP contribution is 2.14. The monoisotopic (exact) mass is 421 g/mol. The fraction of sp³-hybridized carbons (Fsp3) is 0.182. The van der Waals surface area contributed by atoms with Crippen molar-refractivity contribution in [2.75, 3.05) is 7.11 Å². The number of aromatic nitrogens is 4. The SMILES string of the molecule is COc1ccc(-n2ccn3c(CCC(=O)NCc4ccc(F)cc4)nnc3c2=O)cc1. The first-order valence-electron chi connectivity index (χ1n) is 9.66. The summed E-state index contributed by atoms with van der Waals surface area (Å²) in [6, 6.07) is 13.0. The van der Waals surface area contributed by atoms with Crippen LogP contribution < -0.4 is 15.6 Å². The van der Waals surface area contributed by atoms with Gasteiger partial charge in [-0.05, 0) is 42.0 Å². The molecule has 9 heteroatoms. The maximum atomic E-state index is 12.9. The van der Waals surface area contributed by atoms with E-state index in [1.54, 1.807) is 60.3 Å². The Bertz CT molecular complexity index is 1260. The molecule has 8 nitrogen and oxygen atoms in total. The van der Waals surface area contributed by atoms with Crippen molar-refractivity contribution in [1.29, 1.82) is 0 Å². The summed E-state index contributed by atoms with van der Waals surface area (Å²) in [4.78, 5) is 25.0. The molecule has 31 heavy (non-hydrogen) atoms. The van der Waals surface area contributed by atoms with Gasteiger partial charge in [-0.25, -0.2) is 4.39 Å². The zero-order valence-electron chi connectivity index (χ0n) is 16.8. The van der Waals surface area contributed by atoms with E-state index in [1.807, 2.05) is 0 Å². The summed E-state index contributed by atoms with van der Waals surface area (Å²) in [5.74, 6) is 0.721. The Morgan fingerprint density at radius 1 is 1.06 bits per heavy atom. The minimum absolute atomic E-state index is 0.173. The summed E-state index contributed by atoms with van der Waals surface area (Å²) < 4.78 is 21.1. The van der Waals surface area contributed by atoms with Crippen LogP contribution in [0.3, 0.4) is 0 Å². The van der Waals surface area contributed by atoms with Gasteiger partial charge < -0.3 is 10.1 Å². The van der Waals surface area contributed by atoms with E-state index in [0.717, 1.165) is 5.56 Å². The molecule has 1 N–H and O–H groups in total. The lowest BCUT2D eigenvalue weighted by atomic mass is 10.2. The van der Waals surface area contributed by atoms with Crippen molar-refractivity contribution in [3.8, 4) is 11.4 Å². The second kappa shape index (κ2) is 8.78. The van der Waals surface area contributed by atoms with E-state index >= 15 is 0 Å². The van der Waals surface area contributed by atoms with Gasteiger partial charge in [0, 0.05) is 37.5 Å². The van der Waals surface area contributed by atoms with Crippen LogP contribution in [0.15, 0.2) is 65.7 Å². The Hall–Kier alpha value is -4.01. The summed E-state index contributed by atoms with van der Waals surface area (Å²) in [6.45, 7) is 0.312. The zero-order chi connectivity index (χ0) is 21.8. The molecule has 0 radical (unpaired) electrons. The second-order valence-electron chi connectivity index (χ2n) is 6.88. The summed E-state index contributed by atoms with van der Waals surface area (Å²) >= 11 is 0. The van der Waals surface area contributed by atoms with Gasteiger partial charge in [-0.1, -0.05) is 12.1 Å². The molecule has 0 aliphatic rings. The number of aryl methyl sites for hydroxylation is 1. The fourth-order valence-electron chi connectivity index (χ4n) is 3.17. The van der Waals surface area contributed by atoms with Gasteiger partial charge in [0.05, 0.1) is 7.11 Å². The van der Waals surface area contributed by atoms with Gasteiger partial charge in [0.1, 0.15) is 17.4 Å². The zero-order valence-corrected chi connectivity index (χ0v) is 16.8. The van der Waals surface area contributed by atoms with Crippen LogP contribution in [0, 0.1) is 5.82 Å².